The van der Waals surface area contributed by atoms with Crippen molar-refractivity contribution in [2.24, 2.45) is 0 Å². The Bertz CT molecular complexity index is 1160. The van der Waals surface area contributed by atoms with E-state index in [1.54, 1.807) is 24.3 Å². The molecule has 1 amide bonds. The first-order valence-electron chi connectivity index (χ1n) is 8.92. The second-order valence-electron chi connectivity index (χ2n) is 6.33. The van der Waals surface area contributed by atoms with Gasteiger partial charge in [-0.1, -0.05) is 48.5 Å². The van der Waals surface area contributed by atoms with E-state index < -0.39 is 4.92 Å². The number of carbonyl (C=O) groups is 1. The van der Waals surface area contributed by atoms with Crippen LogP contribution in [-0.2, 0) is 0 Å². The van der Waals surface area contributed by atoms with Crippen LogP contribution in [0.15, 0.2) is 95.4 Å². The lowest BCUT2D eigenvalue weighted by molar-refractivity contribution is -0.384. The first kappa shape index (κ1) is 18.2. The van der Waals surface area contributed by atoms with Gasteiger partial charge in [-0.15, -0.1) is 0 Å². The van der Waals surface area contributed by atoms with E-state index >= 15 is 0 Å². The summed E-state index contributed by atoms with van der Waals surface area (Å²) in [6, 6.07) is 26.5. The number of para-hydroxylation sites is 1. The number of nitro groups is 1. The van der Waals surface area contributed by atoms with E-state index in [1.165, 1.54) is 12.1 Å². The Kier molecular flexibility index (Phi) is 4.90. The number of nitrogens with one attached hydrogen (secondary N) is 1. The molecule has 4 aromatic rings. The number of nitrogens with zero attached hydrogens (tertiary/aromatic N) is 1. The highest BCUT2D eigenvalue weighted by atomic mass is 16.6. The molecule has 0 atom stereocenters. The fourth-order valence-electron chi connectivity index (χ4n) is 3.01. The molecular weight excluding hydrogens is 368 g/mol. The molecule has 6 nitrogen and oxygen atoms in total. The molecule has 0 fully saturated rings. The lowest BCUT2D eigenvalue weighted by atomic mass is 10.0. The molecule has 6 heteroatoms. The van der Waals surface area contributed by atoms with Crippen molar-refractivity contribution >= 4 is 17.3 Å². The van der Waals surface area contributed by atoms with E-state index in [0.717, 1.165) is 11.1 Å². The predicted molar refractivity (Wildman–Crippen MR) is 111 cm³/mol. The molecule has 4 rings (SSSR count). The van der Waals surface area contributed by atoms with Crippen LogP contribution in [0.3, 0.4) is 0 Å². The van der Waals surface area contributed by atoms with Crippen molar-refractivity contribution in [3.8, 4) is 22.5 Å². The predicted octanol–water partition coefficient (Wildman–Crippen LogP) is 5.77. The first-order chi connectivity index (χ1) is 14.1. The van der Waals surface area contributed by atoms with Crippen molar-refractivity contribution in [2.45, 2.75) is 0 Å². The second-order valence-corrected chi connectivity index (χ2v) is 6.33. The number of nitro benzene ring substituents is 1. The van der Waals surface area contributed by atoms with Gasteiger partial charge in [-0.25, -0.2) is 0 Å². The molecule has 0 unspecified atom stereocenters. The van der Waals surface area contributed by atoms with Gasteiger partial charge in [0.15, 0.2) is 5.76 Å². The van der Waals surface area contributed by atoms with Gasteiger partial charge >= 0.3 is 0 Å². The van der Waals surface area contributed by atoms with Crippen molar-refractivity contribution in [2.75, 3.05) is 5.32 Å². The lowest BCUT2D eigenvalue weighted by Gasteiger charge is -2.10. The number of hydrogen-bond donors (Lipinski definition) is 1. The van der Waals surface area contributed by atoms with Gasteiger partial charge in [0.2, 0.25) is 0 Å². The average Bonchev–Trinajstić information content (AvgIpc) is 3.25. The Labute approximate surface area is 166 Å². The SMILES string of the molecule is O=C(Nc1ccccc1-c1ccccc1)c1ccc(-c2ccc([N+](=O)[O-])cc2)o1. The Morgan fingerprint density at radius 3 is 2.21 bits per heavy atom. The van der Waals surface area contributed by atoms with Gasteiger partial charge in [0, 0.05) is 28.9 Å². The van der Waals surface area contributed by atoms with Crippen LogP contribution in [0, 0.1) is 10.1 Å². The van der Waals surface area contributed by atoms with E-state index in [9.17, 15) is 14.9 Å². The molecule has 0 aliphatic heterocycles. The van der Waals surface area contributed by atoms with Gasteiger partial charge < -0.3 is 9.73 Å². The average molecular weight is 384 g/mol. The molecule has 0 aliphatic rings. The monoisotopic (exact) mass is 384 g/mol. The third-order valence-electron chi connectivity index (χ3n) is 4.45. The highest BCUT2D eigenvalue weighted by Crippen LogP contribution is 2.29. The van der Waals surface area contributed by atoms with E-state index in [-0.39, 0.29) is 17.4 Å². The summed E-state index contributed by atoms with van der Waals surface area (Å²) in [6.45, 7) is 0. The molecular formula is C23H16N2O4. The Hall–Kier alpha value is -4.19. The molecule has 0 radical (unpaired) electrons. The maximum atomic E-state index is 12.7. The Morgan fingerprint density at radius 1 is 0.793 bits per heavy atom. The van der Waals surface area contributed by atoms with Gasteiger partial charge in [0.1, 0.15) is 5.76 Å². The number of rotatable bonds is 5. The van der Waals surface area contributed by atoms with E-state index in [0.29, 0.717) is 17.0 Å². The summed E-state index contributed by atoms with van der Waals surface area (Å²) in [6.07, 6.45) is 0. The number of furan rings is 1. The van der Waals surface area contributed by atoms with Crippen LogP contribution >= 0.6 is 0 Å². The molecule has 3 aromatic carbocycles. The number of amides is 1. The maximum Gasteiger partial charge on any atom is 0.291 e. The summed E-state index contributed by atoms with van der Waals surface area (Å²) < 4.78 is 5.67. The zero-order valence-electron chi connectivity index (χ0n) is 15.2. The minimum Gasteiger partial charge on any atom is -0.451 e. The number of non-ortho nitro benzene ring substituents is 1. The van der Waals surface area contributed by atoms with Gasteiger partial charge in [0.25, 0.3) is 11.6 Å². The zero-order valence-corrected chi connectivity index (χ0v) is 15.2. The fourth-order valence-corrected chi connectivity index (χ4v) is 3.01. The van der Waals surface area contributed by atoms with Crippen LogP contribution in [0.1, 0.15) is 10.6 Å². The Balaban J connectivity index is 1.56. The van der Waals surface area contributed by atoms with Crippen molar-refractivity contribution < 1.29 is 14.1 Å². The van der Waals surface area contributed by atoms with Crippen LogP contribution in [0.4, 0.5) is 11.4 Å². The largest absolute Gasteiger partial charge is 0.451 e. The number of carbonyl (C=O) groups excluding carboxylic acids is 1. The fraction of sp³-hybridized carbons (Fsp3) is 0. The molecule has 29 heavy (non-hydrogen) atoms. The molecule has 0 bridgehead atoms. The third kappa shape index (κ3) is 3.91. The molecule has 1 heterocycles. The third-order valence-corrected chi connectivity index (χ3v) is 4.45. The molecule has 142 valence electrons. The summed E-state index contributed by atoms with van der Waals surface area (Å²) in [5.41, 5.74) is 3.23. The molecule has 0 aliphatic carbocycles. The van der Waals surface area contributed by atoms with Crippen LogP contribution in [-0.4, -0.2) is 10.8 Å². The maximum absolute atomic E-state index is 12.7. The van der Waals surface area contributed by atoms with Crippen molar-refractivity contribution in [1.82, 2.24) is 0 Å². The first-order valence-corrected chi connectivity index (χ1v) is 8.92. The topological polar surface area (TPSA) is 85.4 Å². The standard InChI is InChI=1S/C23H16N2O4/c26-23(24-20-9-5-4-8-19(20)16-6-2-1-3-7-16)22-15-14-21(29-22)17-10-12-18(13-11-17)25(27)28/h1-15H,(H,24,26). The van der Waals surface area contributed by atoms with E-state index in [4.69, 9.17) is 4.42 Å². The molecule has 0 saturated carbocycles. The Morgan fingerprint density at radius 2 is 1.48 bits per heavy atom. The minimum atomic E-state index is -0.463. The highest BCUT2D eigenvalue weighted by molar-refractivity contribution is 6.04. The van der Waals surface area contributed by atoms with E-state index in [1.807, 2.05) is 54.6 Å². The summed E-state index contributed by atoms with van der Waals surface area (Å²) in [4.78, 5) is 23.0. The lowest BCUT2D eigenvalue weighted by Crippen LogP contribution is -2.11. The van der Waals surface area contributed by atoms with Gasteiger partial charge in [-0.3, -0.25) is 14.9 Å². The van der Waals surface area contributed by atoms with Crippen LogP contribution < -0.4 is 5.32 Å². The summed E-state index contributed by atoms with van der Waals surface area (Å²) in [5, 5.41) is 13.7. The van der Waals surface area contributed by atoms with Crippen molar-refractivity contribution in [3.05, 3.63) is 107 Å². The minimum absolute atomic E-state index is 0.00390. The van der Waals surface area contributed by atoms with Crippen molar-refractivity contribution in [1.29, 1.82) is 0 Å². The smallest absolute Gasteiger partial charge is 0.291 e. The molecule has 0 spiro atoms. The van der Waals surface area contributed by atoms with E-state index in [2.05, 4.69) is 5.32 Å². The normalized spacial score (nSPS) is 10.5. The van der Waals surface area contributed by atoms with Crippen LogP contribution in [0.2, 0.25) is 0 Å². The summed E-state index contributed by atoms with van der Waals surface area (Å²) >= 11 is 0. The molecule has 1 aromatic heterocycles. The van der Waals surface area contributed by atoms with Gasteiger partial charge in [-0.2, -0.15) is 0 Å². The summed E-state index contributed by atoms with van der Waals surface area (Å²) in [7, 11) is 0. The zero-order chi connectivity index (χ0) is 20.2. The molecule has 0 saturated heterocycles. The number of hydrogen-bond acceptors (Lipinski definition) is 4. The van der Waals surface area contributed by atoms with Gasteiger partial charge in [0.05, 0.1) is 4.92 Å². The highest BCUT2D eigenvalue weighted by Gasteiger charge is 2.15. The van der Waals surface area contributed by atoms with Crippen LogP contribution in [0.5, 0.6) is 0 Å². The van der Waals surface area contributed by atoms with Crippen LogP contribution in [0.25, 0.3) is 22.5 Å². The quantitative estimate of drug-likeness (QED) is 0.349. The van der Waals surface area contributed by atoms with Gasteiger partial charge in [-0.05, 0) is 35.9 Å². The molecule has 1 N–H and O–H groups in total. The number of benzene rings is 3. The summed E-state index contributed by atoms with van der Waals surface area (Å²) in [5.74, 6) is 0.240. The second kappa shape index (κ2) is 7.82. The number of anilines is 1. The van der Waals surface area contributed by atoms with Crippen molar-refractivity contribution in [3.63, 3.8) is 0 Å².